The van der Waals surface area contributed by atoms with E-state index in [-0.39, 0.29) is 6.54 Å². The number of aliphatic hydroxyl groups is 2. The molecule has 1 unspecified atom stereocenters. The normalized spacial score (nSPS) is 36.6. The topological polar surface area (TPSA) is 166 Å². The molecule has 0 aromatic heterocycles. The minimum absolute atomic E-state index is 0.0226. The maximum Gasteiger partial charge on any atom is 0.469 e. The Kier molecular flexibility index (Phi) is 4.87. The molecule has 0 aromatic carbocycles. The van der Waals surface area contributed by atoms with Gasteiger partial charge in [0.05, 0.1) is 12.5 Å². The number of aliphatic hydroxyl groups excluding tert-OH is 2. The Labute approximate surface area is 125 Å². The fourth-order valence-electron chi connectivity index (χ4n) is 2.28. The van der Waals surface area contributed by atoms with Crippen LogP contribution in [0.4, 0.5) is 4.79 Å². The Hall–Kier alpha value is -1.07. The van der Waals surface area contributed by atoms with Crippen molar-refractivity contribution in [1.29, 1.82) is 0 Å². The number of carbonyl (C=O) groups is 2. The van der Waals surface area contributed by atoms with E-state index in [0.717, 1.165) is 4.90 Å². The summed E-state index contributed by atoms with van der Waals surface area (Å²) in [6.45, 7) is 0.884. The van der Waals surface area contributed by atoms with Crippen molar-refractivity contribution in [2.45, 2.75) is 31.5 Å². The Balaban J connectivity index is 2.04. The predicted molar refractivity (Wildman–Crippen MR) is 68.1 cm³/mol. The van der Waals surface area contributed by atoms with Gasteiger partial charge in [0.25, 0.3) is 0 Å². The first-order chi connectivity index (χ1) is 10.1. The van der Waals surface area contributed by atoms with Gasteiger partial charge in [-0.1, -0.05) is 6.92 Å². The molecule has 0 radical (unpaired) electrons. The Morgan fingerprint density at radius 2 is 2.00 bits per heavy atom. The molecule has 0 aliphatic carbocycles. The maximum absolute atomic E-state index is 11.8. The van der Waals surface area contributed by atoms with Gasteiger partial charge in [-0.05, 0) is 0 Å². The Morgan fingerprint density at radius 3 is 2.59 bits per heavy atom. The number of ether oxygens (including phenoxy) is 1. The second-order valence-corrected chi connectivity index (χ2v) is 6.42. The number of phosphoric ester groups is 1. The summed E-state index contributed by atoms with van der Waals surface area (Å²) in [6.07, 6.45) is -5.49. The van der Waals surface area contributed by atoms with E-state index < -0.39 is 56.8 Å². The molecule has 2 aliphatic rings. The van der Waals surface area contributed by atoms with Gasteiger partial charge in [0.1, 0.15) is 18.3 Å². The summed E-state index contributed by atoms with van der Waals surface area (Å²) in [6, 6.07) is -0.782. The molecule has 0 spiro atoms. The van der Waals surface area contributed by atoms with Gasteiger partial charge in [-0.3, -0.25) is 19.5 Å². The van der Waals surface area contributed by atoms with Gasteiger partial charge in [-0.15, -0.1) is 0 Å². The van der Waals surface area contributed by atoms with Crippen LogP contribution in [0, 0.1) is 5.92 Å². The lowest BCUT2D eigenvalue weighted by molar-refractivity contribution is -0.130. The molecule has 5 N–H and O–H groups in total. The van der Waals surface area contributed by atoms with E-state index in [4.69, 9.17) is 14.5 Å². The standard InChI is InChI=1S/C10H17N2O9P/c1-4-2-12(10(16)11-8(4)15)9-7(14)6(13)5(21-9)3-20-22(17,18)19/h4-7,9,13-14H,2-3H2,1H3,(H,11,15,16)(H2,17,18,19)/t4?,5-,6-,7-,9-/m1/s1. The number of hydrogen-bond acceptors (Lipinski definition) is 7. The fourth-order valence-corrected chi connectivity index (χ4v) is 2.62. The Morgan fingerprint density at radius 1 is 1.36 bits per heavy atom. The van der Waals surface area contributed by atoms with E-state index >= 15 is 0 Å². The van der Waals surface area contributed by atoms with Gasteiger partial charge < -0.3 is 24.7 Å². The number of hydrogen-bond donors (Lipinski definition) is 5. The van der Waals surface area contributed by atoms with Crippen molar-refractivity contribution in [1.82, 2.24) is 10.2 Å². The summed E-state index contributed by atoms with van der Waals surface area (Å²) in [4.78, 5) is 41.4. The highest BCUT2D eigenvalue weighted by atomic mass is 31.2. The lowest BCUT2D eigenvalue weighted by Crippen LogP contribution is -2.59. The third-order valence-corrected chi connectivity index (χ3v) is 3.95. The molecule has 0 bridgehead atoms. The monoisotopic (exact) mass is 340 g/mol. The van der Waals surface area contributed by atoms with Gasteiger partial charge in [-0.2, -0.15) is 0 Å². The molecule has 2 fully saturated rings. The molecule has 2 heterocycles. The summed E-state index contributed by atoms with van der Waals surface area (Å²) in [5.41, 5.74) is 0. The van der Waals surface area contributed by atoms with Crippen LogP contribution in [0.2, 0.25) is 0 Å². The molecule has 126 valence electrons. The highest BCUT2D eigenvalue weighted by Gasteiger charge is 2.49. The van der Waals surface area contributed by atoms with E-state index in [1.54, 1.807) is 6.92 Å². The molecule has 12 heteroatoms. The molecular weight excluding hydrogens is 323 g/mol. The van der Waals surface area contributed by atoms with Crippen molar-refractivity contribution >= 4 is 19.8 Å². The molecule has 11 nitrogen and oxygen atoms in total. The SMILES string of the molecule is CC1CN([C@@H]2O[C@H](COP(=O)(O)O)[C@@H](O)[C@H]2O)C(=O)NC1=O. The molecule has 3 amide bonds. The molecule has 0 saturated carbocycles. The number of urea groups is 1. The first-order valence-electron chi connectivity index (χ1n) is 6.43. The third kappa shape index (κ3) is 3.63. The van der Waals surface area contributed by atoms with E-state index in [2.05, 4.69) is 9.84 Å². The number of nitrogens with zero attached hydrogens (tertiary/aromatic N) is 1. The largest absolute Gasteiger partial charge is 0.469 e. The smallest absolute Gasteiger partial charge is 0.387 e. The minimum atomic E-state index is -4.76. The molecule has 5 atom stereocenters. The zero-order chi connectivity index (χ0) is 16.7. The lowest BCUT2D eigenvalue weighted by atomic mass is 10.1. The quantitative estimate of drug-likeness (QED) is 0.355. The second-order valence-electron chi connectivity index (χ2n) is 5.18. The van der Waals surface area contributed by atoms with Crippen molar-refractivity contribution < 1.29 is 43.4 Å². The summed E-state index contributed by atoms with van der Waals surface area (Å²) >= 11 is 0. The number of imide groups is 1. The van der Waals surface area contributed by atoms with Crippen molar-refractivity contribution in [2.24, 2.45) is 5.92 Å². The number of rotatable bonds is 4. The number of amides is 3. The van der Waals surface area contributed by atoms with Gasteiger partial charge in [-0.25, -0.2) is 9.36 Å². The van der Waals surface area contributed by atoms with Crippen molar-refractivity contribution in [3.63, 3.8) is 0 Å². The maximum atomic E-state index is 11.8. The average Bonchev–Trinajstić information content (AvgIpc) is 2.68. The molecule has 22 heavy (non-hydrogen) atoms. The number of carbonyl (C=O) groups excluding carboxylic acids is 2. The van der Waals surface area contributed by atoms with E-state index in [9.17, 15) is 24.4 Å². The van der Waals surface area contributed by atoms with Crippen LogP contribution >= 0.6 is 7.82 Å². The lowest BCUT2D eigenvalue weighted by Gasteiger charge is -2.35. The number of phosphoric acid groups is 1. The van der Waals surface area contributed by atoms with Gasteiger partial charge in [0, 0.05) is 6.54 Å². The summed E-state index contributed by atoms with van der Waals surface area (Å²) in [5.74, 6) is -0.994. The van der Waals surface area contributed by atoms with Crippen LogP contribution in [-0.4, -0.2) is 74.5 Å². The third-order valence-electron chi connectivity index (χ3n) is 3.46. The molecule has 2 rings (SSSR count). The number of nitrogens with one attached hydrogen (secondary N) is 1. The van der Waals surface area contributed by atoms with E-state index in [0.29, 0.717) is 0 Å². The van der Waals surface area contributed by atoms with Crippen LogP contribution in [0.3, 0.4) is 0 Å². The molecule has 2 saturated heterocycles. The molecular formula is C10H17N2O9P. The summed E-state index contributed by atoms with van der Waals surface area (Å²) in [7, 11) is -4.76. The highest BCUT2D eigenvalue weighted by Crippen LogP contribution is 2.37. The van der Waals surface area contributed by atoms with Crippen LogP contribution in [0.15, 0.2) is 0 Å². The molecule has 0 aromatic rings. The molecule has 2 aliphatic heterocycles. The highest BCUT2D eigenvalue weighted by molar-refractivity contribution is 7.46. The van der Waals surface area contributed by atoms with E-state index in [1.165, 1.54) is 0 Å². The van der Waals surface area contributed by atoms with Gasteiger partial charge >= 0.3 is 13.9 Å². The zero-order valence-corrected chi connectivity index (χ0v) is 12.4. The van der Waals surface area contributed by atoms with Crippen LogP contribution < -0.4 is 5.32 Å². The van der Waals surface area contributed by atoms with Gasteiger partial charge in [0.15, 0.2) is 6.23 Å². The second kappa shape index (κ2) is 6.20. The van der Waals surface area contributed by atoms with Crippen molar-refractivity contribution in [3.05, 3.63) is 0 Å². The first kappa shape index (κ1) is 17.3. The van der Waals surface area contributed by atoms with Crippen LogP contribution in [-0.2, 0) is 18.6 Å². The first-order valence-corrected chi connectivity index (χ1v) is 7.96. The van der Waals surface area contributed by atoms with Crippen LogP contribution in [0.25, 0.3) is 0 Å². The zero-order valence-electron chi connectivity index (χ0n) is 11.5. The van der Waals surface area contributed by atoms with E-state index in [1.807, 2.05) is 0 Å². The summed E-state index contributed by atoms with van der Waals surface area (Å²) < 4.78 is 20.1. The minimum Gasteiger partial charge on any atom is -0.387 e. The summed E-state index contributed by atoms with van der Waals surface area (Å²) in [5, 5.41) is 21.9. The van der Waals surface area contributed by atoms with Crippen molar-refractivity contribution in [2.75, 3.05) is 13.2 Å². The van der Waals surface area contributed by atoms with Gasteiger partial charge in [0.2, 0.25) is 5.91 Å². The van der Waals surface area contributed by atoms with Crippen molar-refractivity contribution in [3.8, 4) is 0 Å². The fraction of sp³-hybridized carbons (Fsp3) is 0.800. The van der Waals surface area contributed by atoms with Crippen LogP contribution in [0.1, 0.15) is 6.92 Å². The average molecular weight is 340 g/mol. The Bertz CT molecular complexity index is 509. The van der Waals surface area contributed by atoms with Crippen LogP contribution in [0.5, 0.6) is 0 Å². The predicted octanol–water partition coefficient (Wildman–Crippen LogP) is -2.27.